The molecule has 0 N–H and O–H groups in total. The summed E-state index contributed by atoms with van der Waals surface area (Å²) in [5.74, 6) is 0.756. The Morgan fingerprint density at radius 2 is 1.66 bits per heavy atom. The molecule has 4 rings (SSSR count). The Morgan fingerprint density at radius 1 is 0.931 bits per heavy atom. The van der Waals surface area contributed by atoms with E-state index in [4.69, 9.17) is 16.6 Å². The monoisotopic (exact) mass is 420 g/mol. The number of halogens is 1. The molecule has 0 unspecified atom stereocenters. The minimum Gasteiger partial charge on any atom is -0.283 e. The van der Waals surface area contributed by atoms with Crippen molar-refractivity contribution in [1.29, 1.82) is 0 Å². The maximum Gasteiger partial charge on any atom is 0.262 e. The number of para-hydroxylation sites is 1. The maximum absolute atomic E-state index is 13.2. The van der Waals surface area contributed by atoms with Crippen molar-refractivity contribution in [3.63, 3.8) is 0 Å². The van der Waals surface area contributed by atoms with Gasteiger partial charge in [0.15, 0.2) is 5.16 Å². The molecule has 0 fully saturated rings. The van der Waals surface area contributed by atoms with Crippen LogP contribution >= 0.6 is 23.4 Å². The number of aromatic nitrogens is 2. The van der Waals surface area contributed by atoms with Gasteiger partial charge in [0.2, 0.25) is 0 Å². The number of rotatable bonds is 5. The summed E-state index contributed by atoms with van der Waals surface area (Å²) in [6.45, 7) is 4.69. The molecule has 146 valence electrons. The highest BCUT2D eigenvalue weighted by atomic mass is 35.5. The van der Waals surface area contributed by atoms with Gasteiger partial charge >= 0.3 is 0 Å². The normalized spacial score (nSPS) is 11.1. The zero-order valence-corrected chi connectivity index (χ0v) is 17.9. The lowest BCUT2D eigenvalue weighted by Gasteiger charge is -2.14. The molecule has 0 aliphatic rings. The van der Waals surface area contributed by atoms with Crippen LogP contribution in [0.15, 0.2) is 76.7 Å². The van der Waals surface area contributed by atoms with Crippen LogP contribution in [0, 0.1) is 13.8 Å². The summed E-state index contributed by atoms with van der Waals surface area (Å²) in [7, 11) is 0. The van der Waals surface area contributed by atoms with Crippen molar-refractivity contribution >= 4 is 34.3 Å². The van der Waals surface area contributed by atoms with Crippen LogP contribution in [0.3, 0.4) is 0 Å². The number of hydrogen-bond acceptors (Lipinski definition) is 3. The van der Waals surface area contributed by atoms with Crippen molar-refractivity contribution in [3.05, 3.63) is 104 Å². The predicted octanol–water partition coefficient (Wildman–Crippen LogP) is 6.01. The quantitative estimate of drug-likeness (QED) is 0.293. The van der Waals surface area contributed by atoms with E-state index >= 15 is 0 Å². The summed E-state index contributed by atoms with van der Waals surface area (Å²) >= 11 is 7.60. The second kappa shape index (κ2) is 8.44. The van der Waals surface area contributed by atoms with Crippen LogP contribution in [0.5, 0.6) is 0 Å². The Balaban J connectivity index is 1.73. The number of thioether (sulfide) groups is 1. The van der Waals surface area contributed by atoms with Gasteiger partial charge in [-0.25, -0.2) is 4.98 Å². The third kappa shape index (κ3) is 4.39. The molecular formula is C24H21ClN2OS. The van der Waals surface area contributed by atoms with Gasteiger partial charge in [-0.3, -0.25) is 9.36 Å². The second-order valence-corrected chi connectivity index (χ2v) is 8.52. The van der Waals surface area contributed by atoms with Crippen LogP contribution in [0.4, 0.5) is 0 Å². The molecule has 0 amide bonds. The summed E-state index contributed by atoms with van der Waals surface area (Å²) in [6, 6.07) is 21.6. The molecular weight excluding hydrogens is 400 g/mol. The first kappa shape index (κ1) is 19.7. The minimum absolute atomic E-state index is 0.0202. The van der Waals surface area contributed by atoms with E-state index in [0.717, 1.165) is 22.0 Å². The van der Waals surface area contributed by atoms with Crippen LogP contribution in [-0.2, 0) is 12.3 Å². The molecule has 1 heterocycles. The predicted molar refractivity (Wildman–Crippen MR) is 122 cm³/mol. The van der Waals surface area contributed by atoms with Crippen LogP contribution in [-0.4, -0.2) is 9.55 Å². The summed E-state index contributed by atoms with van der Waals surface area (Å²) in [6.07, 6.45) is 0. The van der Waals surface area contributed by atoms with Crippen LogP contribution in [0.25, 0.3) is 10.9 Å². The Kier molecular flexibility index (Phi) is 5.74. The van der Waals surface area contributed by atoms with E-state index in [9.17, 15) is 4.79 Å². The lowest BCUT2D eigenvalue weighted by molar-refractivity contribution is 0.658. The zero-order chi connectivity index (χ0) is 20.4. The van der Waals surface area contributed by atoms with E-state index in [-0.39, 0.29) is 5.56 Å². The van der Waals surface area contributed by atoms with Crippen LogP contribution in [0.2, 0.25) is 5.02 Å². The first-order valence-electron chi connectivity index (χ1n) is 9.44. The van der Waals surface area contributed by atoms with E-state index in [1.165, 1.54) is 16.7 Å². The molecule has 0 radical (unpaired) electrons. The fourth-order valence-electron chi connectivity index (χ4n) is 3.21. The molecule has 1 aromatic heterocycles. The zero-order valence-electron chi connectivity index (χ0n) is 16.4. The average molecular weight is 421 g/mol. The van der Waals surface area contributed by atoms with Gasteiger partial charge in [-0.05, 0) is 60.4 Å². The topological polar surface area (TPSA) is 34.9 Å². The Hall–Kier alpha value is -2.56. The highest BCUT2D eigenvalue weighted by Gasteiger charge is 2.12. The van der Waals surface area contributed by atoms with Crippen molar-refractivity contribution in [2.24, 2.45) is 0 Å². The first-order valence-corrected chi connectivity index (χ1v) is 10.8. The van der Waals surface area contributed by atoms with Gasteiger partial charge in [-0.2, -0.15) is 0 Å². The van der Waals surface area contributed by atoms with Crippen LogP contribution < -0.4 is 5.56 Å². The number of nitrogens with zero attached hydrogens (tertiary/aromatic N) is 2. The van der Waals surface area contributed by atoms with Crippen LogP contribution in [0.1, 0.15) is 22.3 Å². The van der Waals surface area contributed by atoms with Crippen molar-refractivity contribution < 1.29 is 0 Å². The van der Waals surface area contributed by atoms with Gasteiger partial charge in [0.05, 0.1) is 17.4 Å². The first-order chi connectivity index (χ1) is 14.0. The summed E-state index contributed by atoms with van der Waals surface area (Å²) in [5, 5.41) is 2.04. The highest BCUT2D eigenvalue weighted by molar-refractivity contribution is 7.98. The largest absolute Gasteiger partial charge is 0.283 e. The summed E-state index contributed by atoms with van der Waals surface area (Å²) in [4.78, 5) is 18.0. The Morgan fingerprint density at radius 3 is 2.41 bits per heavy atom. The Bertz CT molecular complexity index is 1230. The standard InChI is InChI=1S/C24H21ClN2OS/c1-16-7-8-19(13-17(16)2)15-29-24-26-22-6-4-3-5-21(22)23(28)27(24)14-18-9-11-20(25)12-10-18/h3-13H,14-15H2,1-2H3. The summed E-state index contributed by atoms with van der Waals surface area (Å²) < 4.78 is 1.76. The van der Waals surface area contributed by atoms with E-state index in [2.05, 4.69) is 32.0 Å². The SMILES string of the molecule is Cc1ccc(CSc2nc3ccccc3c(=O)n2Cc2ccc(Cl)cc2)cc1C. The van der Waals surface area contributed by atoms with Gasteiger partial charge in [0.1, 0.15) is 0 Å². The minimum atomic E-state index is -0.0202. The highest BCUT2D eigenvalue weighted by Crippen LogP contribution is 2.24. The molecule has 3 nitrogen and oxygen atoms in total. The molecule has 29 heavy (non-hydrogen) atoms. The van der Waals surface area contributed by atoms with E-state index < -0.39 is 0 Å². The molecule has 3 aromatic carbocycles. The molecule has 0 saturated heterocycles. The van der Waals surface area contributed by atoms with Crippen molar-refractivity contribution in [2.75, 3.05) is 0 Å². The lowest BCUT2D eigenvalue weighted by Crippen LogP contribution is -2.24. The molecule has 4 aromatic rings. The molecule has 5 heteroatoms. The van der Waals surface area contributed by atoms with Gasteiger partial charge in [-0.15, -0.1) is 0 Å². The average Bonchev–Trinajstić information content (AvgIpc) is 2.73. The number of hydrogen-bond donors (Lipinski definition) is 0. The smallest absolute Gasteiger partial charge is 0.262 e. The van der Waals surface area contributed by atoms with Gasteiger partial charge in [-0.1, -0.05) is 65.8 Å². The molecule has 0 atom stereocenters. The molecule has 0 saturated carbocycles. The fraction of sp³-hybridized carbons (Fsp3) is 0.167. The second-order valence-electron chi connectivity index (χ2n) is 7.14. The fourth-order valence-corrected chi connectivity index (χ4v) is 4.28. The number of fused-ring (bicyclic) bond motifs is 1. The third-order valence-electron chi connectivity index (χ3n) is 5.02. The summed E-state index contributed by atoms with van der Waals surface area (Å²) in [5.41, 5.74) is 5.50. The maximum atomic E-state index is 13.2. The molecule has 0 aliphatic carbocycles. The molecule has 0 bridgehead atoms. The van der Waals surface area contributed by atoms with Crippen molar-refractivity contribution in [1.82, 2.24) is 9.55 Å². The lowest BCUT2D eigenvalue weighted by atomic mass is 10.1. The van der Waals surface area contributed by atoms with Gasteiger partial charge in [0, 0.05) is 10.8 Å². The van der Waals surface area contributed by atoms with Gasteiger partial charge < -0.3 is 0 Å². The van der Waals surface area contributed by atoms with Crippen molar-refractivity contribution in [3.8, 4) is 0 Å². The molecule has 0 aliphatic heterocycles. The molecule has 0 spiro atoms. The number of aryl methyl sites for hydroxylation is 2. The number of benzene rings is 3. The van der Waals surface area contributed by atoms with Gasteiger partial charge in [0.25, 0.3) is 5.56 Å². The third-order valence-corrected chi connectivity index (χ3v) is 6.32. The van der Waals surface area contributed by atoms with E-state index in [1.807, 2.05) is 48.5 Å². The van der Waals surface area contributed by atoms with E-state index in [0.29, 0.717) is 17.0 Å². The van der Waals surface area contributed by atoms with Crippen molar-refractivity contribution in [2.45, 2.75) is 31.3 Å². The van der Waals surface area contributed by atoms with E-state index in [1.54, 1.807) is 16.3 Å². The Labute approximate surface area is 179 Å².